The van der Waals surface area contributed by atoms with Gasteiger partial charge in [-0.25, -0.2) is 9.97 Å². The summed E-state index contributed by atoms with van der Waals surface area (Å²) >= 11 is 1.54. The molecule has 2 aromatic rings. The van der Waals surface area contributed by atoms with Crippen LogP contribution < -0.4 is 0 Å². The molecule has 26 heavy (non-hydrogen) atoms. The van der Waals surface area contributed by atoms with E-state index >= 15 is 0 Å². The van der Waals surface area contributed by atoms with Crippen LogP contribution in [0, 0.1) is 12.8 Å². The molecule has 1 N–H and O–H groups in total. The fourth-order valence-corrected chi connectivity index (χ4v) is 4.37. The van der Waals surface area contributed by atoms with Gasteiger partial charge in [-0.1, -0.05) is 0 Å². The summed E-state index contributed by atoms with van der Waals surface area (Å²) in [6, 6.07) is 0.0812. The van der Waals surface area contributed by atoms with Gasteiger partial charge in [0, 0.05) is 37.4 Å². The predicted molar refractivity (Wildman–Crippen MR) is 95.2 cm³/mol. The molecule has 5 rings (SSSR count). The van der Waals surface area contributed by atoms with Crippen LogP contribution in [0.2, 0.25) is 0 Å². The van der Waals surface area contributed by atoms with Crippen molar-refractivity contribution in [2.75, 3.05) is 13.1 Å². The minimum Gasteiger partial charge on any atom is -0.340 e. The molecule has 3 aliphatic rings. The fraction of sp³-hybridized carbons (Fsp3) is 0.588. The van der Waals surface area contributed by atoms with Gasteiger partial charge in [-0.3, -0.25) is 14.7 Å². The van der Waals surface area contributed by atoms with Gasteiger partial charge in [0.25, 0.3) is 0 Å². The summed E-state index contributed by atoms with van der Waals surface area (Å²) in [6.45, 7) is 3.52. The minimum atomic E-state index is -0.0953. The standard InChI is InChI=1S/C17H22N6O2S/c1-11-19-15(21-20-11)4-5-16(24)22-6-12-2-3-14(8-22)23(17(12)25)7-13-9-26-10-18-13/h9-10,12,14H,2-8H2,1H3,(H,19,20,21). The zero-order valence-corrected chi connectivity index (χ0v) is 15.5. The topological polar surface area (TPSA) is 95.1 Å². The Morgan fingerprint density at radius 2 is 2.27 bits per heavy atom. The summed E-state index contributed by atoms with van der Waals surface area (Å²) < 4.78 is 0. The second-order valence-electron chi connectivity index (χ2n) is 7.01. The van der Waals surface area contributed by atoms with Gasteiger partial charge in [0.15, 0.2) is 5.82 Å². The first-order valence-corrected chi connectivity index (χ1v) is 9.87. The largest absolute Gasteiger partial charge is 0.340 e. The highest BCUT2D eigenvalue weighted by atomic mass is 32.1. The zero-order valence-electron chi connectivity index (χ0n) is 14.7. The lowest BCUT2D eigenvalue weighted by Crippen LogP contribution is -2.47. The highest BCUT2D eigenvalue weighted by molar-refractivity contribution is 7.07. The molecule has 138 valence electrons. The smallest absolute Gasteiger partial charge is 0.228 e. The van der Waals surface area contributed by atoms with E-state index in [4.69, 9.17) is 0 Å². The SMILES string of the molecule is Cc1nc(CCC(=O)N2CC3CCC(C2)N(Cc2cscn2)C3=O)n[nH]1. The van der Waals surface area contributed by atoms with Crippen LogP contribution in [-0.2, 0) is 22.6 Å². The number of aromatic amines is 1. The average Bonchev–Trinajstić information content (AvgIpc) is 3.21. The van der Waals surface area contributed by atoms with E-state index < -0.39 is 0 Å². The van der Waals surface area contributed by atoms with Crippen LogP contribution in [0.4, 0.5) is 0 Å². The van der Waals surface area contributed by atoms with Crippen molar-refractivity contribution in [1.82, 2.24) is 30.0 Å². The Labute approximate surface area is 155 Å². The number of carbonyl (C=O) groups excluding carboxylic acids is 2. The van der Waals surface area contributed by atoms with Gasteiger partial charge in [0.1, 0.15) is 5.82 Å². The van der Waals surface area contributed by atoms with E-state index in [9.17, 15) is 9.59 Å². The molecule has 0 radical (unpaired) electrons. The highest BCUT2D eigenvalue weighted by Crippen LogP contribution is 2.30. The minimum absolute atomic E-state index is 0.0765. The molecule has 8 nitrogen and oxygen atoms in total. The third-order valence-electron chi connectivity index (χ3n) is 5.17. The van der Waals surface area contributed by atoms with Gasteiger partial charge < -0.3 is 9.80 Å². The van der Waals surface area contributed by atoms with Gasteiger partial charge in [0.05, 0.1) is 23.7 Å². The lowest BCUT2D eigenvalue weighted by atomic mass is 9.94. The molecule has 5 heterocycles. The first kappa shape index (κ1) is 17.1. The molecule has 0 saturated carbocycles. The Morgan fingerprint density at radius 3 is 3.00 bits per heavy atom. The zero-order chi connectivity index (χ0) is 18.1. The van der Waals surface area contributed by atoms with Crippen LogP contribution in [0.25, 0.3) is 0 Å². The van der Waals surface area contributed by atoms with E-state index in [1.165, 1.54) is 11.3 Å². The van der Waals surface area contributed by atoms with Crippen molar-refractivity contribution in [2.45, 2.75) is 45.2 Å². The maximum absolute atomic E-state index is 12.8. The van der Waals surface area contributed by atoms with Crippen molar-refractivity contribution >= 4 is 23.2 Å². The van der Waals surface area contributed by atoms with E-state index in [-0.39, 0.29) is 23.8 Å². The van der Waals surface area contributed by atoms with Crippen LogP contribution in [0.1, 0.15) is 36.6 Å². The lowest BCUT2D eigenvalue weighted by Gasteiger charge is -2.35. The number of carbonyl (C=O) groups is 2. The lowest BCUT2D eigenvalue weighted by molar-refractivity contribution is -0.140. The number of H-pyrrole nitrogens is 1. The highest BCUT2D eigenvalue weighted by Gasteiger charge is 2.41. The first-order chi connectivity index (χ1) is 12.6. The number of fused-ring (bicyclic) bond motifs is 4. The predicted octanol–water partition coefficient (Wildman–Crippen LogP) is 1.15. The van der Waals surface area contributed by atoms with E-state index in [2.05, 4.69) is 20.2 Å². The van der Waals surface area contributed by atoms with Crippen LogP contribution in [0.5, 0.6) is 0 Å². The number of nitrogens with one attached hydrogen (secondary N) is 1. The maximum Gasteiger partial charge on any atom is 0.228 e. The van der Waals surface area contributed by atoms with Crippen molar-refractivity contribution in [3.05, 3.63) is 28.2 Å². The molecule has 2 aromatic heterocycles. The van der Waals surface area contributed by atoms with Gasteiger partial charge in [-0.2, -0.15) is 5.10 Å². The summed E-state index contributed by atoms with van der Waals surface area (Å²) in [7, 11) is 0. The monoisotopic (exact) mass is 374 g/mol. The number of hydrogen-bond donors (Lipinski definition) is 1. The molecule has 2 bridgehead atoms. The molecule has 3 fully saturated rings. The molecule has 3 aliphatic heterocycles. The Kier molecular flexibility index (Phi) is 4.71. The normalized spacial score (nSPS) is 22.7. The number of hydrogen-bond acceptors (Lipinski definition) is 6. The molecule has 3 saturated heterocycles. The number of aromatic nitrogens is 4. The molecule has 0 spiro atoms. The fourth-order valence-electron chi connectivity index (χ4n) is 3.82. The van der Waals surface area contributed by atoms with Crippen LogP contribution in [0.15, 0.2) is 10.9 Å². The first-order valence-electron chi connectivity index (χ1n) is 8.93. The van der Waals surface area contributed by atoms with Crippen molar-refractivity contribution in [1.29, 1.82) is 0 Å². The van der Waals surface area contributed by atoms with Crippen LogP contribution >= 0.6 is 11.3 Å². The number of rotatable bonds is 5. The summed E-state index contributed by atoms with van der Waals surface area (Å²) in [4.78, 5) is 37.9. The number of nitrogens with zero attached hydrogens (tertiary/aromatic N) is 5. The Morgan fingerprint density at radius 1 is 1.38 bits per heavy atom. The quantitative estimate of drug-likeness (QED) is 0.847. The number of piperidine rings is 1. The van der Waals surface area contributed by atoms with Crippen molar-refractivity contribution in [3.63, 3.8) is 0 Å². The van der Waals surface area contributed by atoms with Crippen LogP contribution in [0.3, 0.4) is 0 Å². The maximum atomic E-state index is 12.8. The third-order valence-corrected chi connectivity index (χ3v) is 5.80. The molecule has 0 aliphatic carbocycles. The number of aryl methyl sites for hydroxylation is 2. The van der Waals surface area contributed by atoms with E-state index in [0.29, 0.717) is 38.3 Å². The molecule has 9 heteroatoms. The van der Waals surface area contributed by atoms with Gasteiger partial charge in [0.2, 0.25) is 11.8 Å². The van der Waals surface area contributed by atoms with Crippen LogP contribution in [-0.4, -0.2) is 60.9 Å². The number of thiazole rings is 1. The molecule has 2 atom stereocenters. The average molecular weight is 374 g/mol. The van der Waals surface area contributed by atoms with Gasteiger partial charge in [-0.15, -0.1) is 11.3 Å². The van der Waals surface area contributed by atoms with Crippen molar-refractivity contribution < 1.29 is 9.59 Å². The Bertz CT molecular complexity index is 789. The van der Waals surface area contributed by atoms with Crippen molar-refractivity contribution in [3.8, 4) is 0 Å². The summed E-state index contributed by atoms with van der Waals surface area (Å²) in [5, 5.41) is 8.86. The van der Waals surface area contributed by atoms with Gasteiger partial charge in [-0.05, 0) is 19.8 Å². The molecular weight excluding hydrogens is 352 g/mol. The van der Waals surface area contributed by atoms with Gasteiger partial charge >= 0.3 is 0 Å². The molecular formula is C17H22N6O2S. The Hall–Kier alpha value is -2.29. The summed E-state index contributed by atoms with van der Waals surface area (Å²) in [5.41, 5.74) is 2.71. The van der Waals surface area contributed by atoms with E-state index in [1.54, 1.807) is 5.51 Å². The second-order valence-corrected chi connectivity index (χ2v) is 7.73. The van der Waals surface area contributed by atoms with Crippen molar-refractivity contribution in [2.24, 2.45) is 5.92 Å². The number of amides is 2. The molecule has 0 aromatic carbocycles. The molecule has 2 unspecified atom stereocenters. The van der Waals surface area contributed by atoms with E-state index in [1.807, 2.05) is 22.1 Å². The molecule has 2 amide bonds. The second kappa shape index (κ2) is 7.14. The van der Waals surface area contributed by atoms with E-state index in [0.717, 1.165) is 24.4 Å². The summed E-state index contributed by atoms with van der Waals surface area (Å²) in [5.74, 6) is 1.56. The third kappa shape index (κ3) is 3.48. The Balaban J connectivity index is 1.41. The summed E-state index contributed by atoms with van der Waals surface area (Å²) in [6.07, 6.45) is 2.70.